The van der Waals surface area contributed by atoms with Gasteiger partial charge in [-0.2, -0.15) is 0 Å². The molecule has 0 bridgehead atoms. The molecule has 0 spiro atoms. The molecule has 0 aliphatic carbocycles. The summed E-state index contributed by atoms with van der Waals surface area (Å²) in [5.41, 5.74) is 2.93. The van der Waals surface area contributed by atoms with Gasteiger partial charge in [0.1, 0.15) is 5.75 Å². The highest BCUT2D eigenvalue weighted by molar-refractivity contribution is 6.04. The lowest BCUT2D eigenvalue weighted by Crippen LogP contribution is -2.13. The van der Waals surface area contributed by atoms with Gasteiger partial charge in [-0.25, -0.2) is 4.39 Å². The van der Waals surface area contributed by atoms with Crippen molar-refractivity contribution >= 4 is 11.6 Å². The Morgan fingerprint density at radius 2 is 1.96 bits per heavy atom. The van der Waals surface area contributed by atoms with Gasteiger partial charge in [0.05, 0.1) is 25.5 Å². The van der Waals surface area contributed by atoms with Crippen LogP contribution in [0.25, 0.3) is 11.1 Å². The maximum absolute atomic E-state index is 13.6. The molecule has 26 heavy (non-hydrogen) atoms. The number of anilines is 1. The number of aliphatic hydroxyl groups excluding tert-OH is 1. The first kappa shape index (κ1) is 17.6. The Balaban J connectivity index is 1.83. The molecule has 1 aromatic heterocycles. The number of ether oxygens (including phenoxy) is 1. The zero-order chi connectivity index (χ0) is 18.5. The average Bonchev–Trinajstić information content (AvgIpc) is 2.68. The normalized spacial score (nSPS) is 10.4. The number of halogens is 1. The van der Waals surface area contributed by atoms with E-state index in [1.165, 1.54) is 12.3 Å². The molecular weight excluding hydrogens is 335 g/mol. The smallest absolute Gasteiger partial charge is 0.258 e. The lowest BCUT2D eigenvalue weighted by Gasteiger charge is -2.11. The summed E-state index contributed by atoms with van der Waals surface area (Å²) in [7, 11) is 1.58. The maximum atomic E-state index is 13.6. The van der Waals surface area contributed by atoms with Gasteiger partial charge in [-0.15, -0.1) is 0 Å². The van der Waals surface area contributed by atoms with Gasteiger partial charge in [-0.05, 0) is 41.5 Å². The predicted molar refractivity (Wildman–Crippen MR) is 96.5 cm³/mol. The zero-order valence-electron chi connectivity index (χ0n) is 14.1. The van der Waals surface area contributed by atoms with Crippen LogP contribution in [0.15, 0.2) is 60.9 Å². The molecule has 132 valence electrons. The van der Waals surface area contributed by atoms with E-state index in [1.807, 2.05) is 18.2 Å². The van der Waals surface area contributed by atoms with Crippen LogP contribution in [0.5, 0.6) is 5.75 Å². The van der Waals surface area contributed by atoms with Gasteiger partial charge < -0.3 is 15.2 Å². The molecule has 2 N–H and O–H groups in total. The maximum Gasteiger partial charge on any atom is 0.258 e. The van der Waals surface area contributed by atoms with Crippen molar-refractivity contribution in [3.63, 3.8) is 0 Å². The second kappa shape index (κ2) is 7.76. The van der Waals surface area contributed by atoms with Crippen molar-refractivity contribution in [2.75, 3.05) is 12.4 Å². The highest BCUT2D eigenvalue weighted by Crippen LogP contribution is 2.31. The van der Waals surface area contributed by atoms with Crippen LogP contribution in [0, 0.1) is 5.82 Å². The number of nitrogens with zero attached hydrogens (tertiary/aromatic N) is 1. The molecule has 0 saturated heterocycles. The highest BCUT2D eigenvalue weighted by atomic mass is 19.1. The first-order valence-corrected chi connectivity index (χ1v) is 7.91. The average molecular weight is 352 g/mol. The second-order valence-electron chi connectivity index (χ2n) is 5.58. The molecule has 3 aromatic rings. The number of methoxy groups -OCH3 is 1. The van der Waals surface area contributed by atoms with Gasteiger partial charge in [0.25, 0.3) is 5.91 Å². The number of benzene rings is 2. The Kier molecular flexibility index (Phi) is 5.24. The van der Waals surface area contributed by atoms with Crippen molar-refractivity contribution in [2.45, 2.75) is 6.61 Å². The monoisotopic (exact) mass is 352 g/mol. The molecule has 0 fully saturated rings. The molecule has 0 aliphatic heterocycles. The van der Waals surface area contributed by atoms with E-state index in [9.17, 15) is 14.3 Å². The number of aliphatic hydroxyl groups is 1. The molecular formula is C20H17FN2O3. The number of hydrogen-bond donors (Lipinski definition) is 2. The van der Waals surface area contributed by atoms with Crippen LogP contribution < -0.4 is 10.1 Å². The molecule has 3 rings (SSSR count). The fourth-order valence-electron chi connectivity index (χ4n) is 2.57. The summed E-state index contributed by atoms with van der Waals surface area (Å²) in [6.45, 7) is -0.0668. The first-order valence-electron chi connectivity index (χ1n) is 7.91. The third kappa shape index (κ3) is 3.70. The molecule has 0 saturated carbocycles. The number of nitrogens with one attached hydrogen (secondary N) is 1. The Hall–Kier alpha value is -3.25. The van der Waals surface area contributed by atoms with Crippen LogP contribution in [0.1, 0.15) is 15.9 Å². The fraction of sp³-hybridized carbons (Fsp3) is 0.100. The number of carbonyl (C=O) groups is 1. The number of amides is 1. The quantitative estimate of drug-likeness (QED) is 0.735. The van der Waals surface area contributed by atoms with Crippen LogP contribution in [0.3, 0.4) is 0 Å². The van der Waals surface area contributed by atoms with Crippen LogP contribution in [-0.2, 0) is 6.61 Å². The Morgan fingerprint density at radius 1 is 1.19 bits per heavy atom. The van der Waals surface area contributed by atoms with Gasteiger partial charge in [0.15, 0.2) is 5.82 Å². The summed E-state index contributed by atoms with van der Waals surface area (Å²) in [4.78, 5) is 15.8. The molecule has 0 unspecified atom stereocenters. The lowest BCUT2D eigenvalue weighted by molar-refractivity contribution is 0.102. The van der Waals surface area contributed by atoms with Crippen molar-refractivity contribution in [3.05, 3.63) is 77.9 Å². The van der Waals surface area contributed by atoms with Gasteiger partial charge in [0, 0.05) is 17.4 Å². The number of aromatic nitrogens is 1. The van der Waals surface area contributed by atoms with Crippen LogP contribution in [0.4, 0.5) is 10.1 Å². The third-order valence-electron chi connectivity index (χ3n) is 3.92. The van der Waals surface area contributed by atoms with Crippen molar-refractivity contribution in [3.8, 4) is 16.9 Å². The minimum absolute atomic E-state index is 0.0668. The molecule has 5 nitrogen and oxygen atoms in total. The summed E-state index contributed by atoms with van der Waals surface area (Å²) in [5.74, 6) is -0.539. The zero-order valence-corrected chi connectivity index (χ0v) is 14.1. The Morgan fingerprint density at radius 3 is 2.62 bits per heavy atom. The summed E-state index contributed by atoms with van der Waals surface area (Å²) >= 11 is 0. The van der Waals surface area contributed by atoms with E-state index in [-0.39, 0.29) is 12.2 Å². The van der Waals surface area contributed by atoms with Crippen LogP contribution >= 0.6 is 0 Å². The minimum Gasteiger partial charge on any atom is -0.496 e. The summed E-state index contributed by atoms with van der Waals surface area (Å²) in [6.07, 6.45) is 2.36. The molecule has 1 amide bonds. The van der Waals surface area contributed by atoms with E-state index in [1.54, 1.807) is 31.4 Å². The third-order valence-corrected chi connectivity index (χ3v) is 3.92. The van der Waals surface area contributed by atoms with E-state index >= 15 is 0 Å². The molecule has 0 radical (unpaired) electrons. The summed E-state index contributed by atoms with van der Waals surface area (Å²) in [6, 6.07) is 13.8. The first-order chi connectivity index (χ1) is 12.6. The minimum atomic E-state index is -0.674. The molecule has 0 atom stereocenters. The van der Waals surface area contributed by atoms with Crippen molar-refractivity contribution in [1.29, 1.82) is 0 Å². The predicted octanol–water partition coefficient (Wildman–Crippen LogP) is 3.64. The van der Waals surface area contributed by atoms with Gasteiger partial charge in [-0.3, -0.25) is 9.78 Å². The van der Waals surface area contributed by atoms with Crippen LogP contribution in [0.2, 0.25) is 0 Å². The number of hydrogen-bond acceptors (Lipinski definition) is 4. The molecule has 0 aliphatic rings. The highest BCUT2D eigenvalue weighted by Gasteiger charge is 2.12. The second-order valence-corrected chi connectivity index (χ2v) is 5.58. The number of rotatable bonds is 5. The van der Waals surface area contributed by atoms with E-state index in [0.717, 1.165) is 22.9 Å². The SMILES string of the molecule is COc1ccc(CO)cc1-c1ccc(NC(=O)c2ccncc2F)cc1. The molecule has 2 aromatic carbocycles. The summed E-state index contributed by atoms with van der Waals surface area (Å²) in [5, 5.41) is 12.0. The largest absolute Gasteiger partial charge is 0.496 e. The van der Waals surface area contributed by atoms with E-state index in [2.05, 4.69) is 10.3 Å². The molecule has 1 heterocycles. The van der Waals surface area contributed by atoms with E-state index in [0.29, 0.717) is 11.4 Å². The Bertz CT molecular complexity index is 927. The van der Waals surface area contributed by atoms with Crippen molar-refractivity contribution < 1.29 is 19.0 Å². The van der Waals surface area contributed by atoms with Gasteiger partial charge >= 0.3 is 0 Å². The van der Waals surface area contributed by atoms with E-state index in [4.69, 9.17) is 4.74 Å². The van der Waals surface area contributed by atoms with Crippen molar-refractivity contribution in [1.82, 2.24) is 4.98 Å². The number of carbonyl (C=O) groups excluding carboxylic acids is 1. The Labute approximate surface area is 150 Å². The topological polar surface area (TPSA) is 71.5 Å². The summed E-state index contributed by atoms with van der Waals surface area (Å²) < 4.78 is 19.0. The van der Waals surface area contributed by atoms with Crippen LogP contribution in [-0.4, -0.2) is 23.1 Å². The van der Waals surface area contributed by atoms with Gasteiger partial charge in [0.2, 0.25) is 0 Å². The lowest BCUT2D eigenvalue weighted by atomic mass is 10.0. The van der Waals surface area contributed by atoms with E-state index < -0.39 is 11.7 Å². The van der Waals surface area contributed by atoms with Crippen molar-refractivity contribution in [2.24, 2.45) is 0 Å². The van der Waals surface area contributed by atoms with Gasteiger partial charge in [-0.1, -0.05) is 18.2 Å². The number of pyridine rings is 1. The fourth-order valence-corrected chi connectivity index (χ4v) is 2.57. The molecule has 6 heteroatoms. The standard InChI is InChI=1S/C20H17FN2O3/c1-26-19-7-2-13(12-24)10-17(19)14-3-5-15(6-4-14)23-20(25)16-8-9-22-11-18(16)21/h2-11,24H,12H2,1H3,(H,23,25).